The van der Waals surface area contributed by atoms with E-state index in [-0.39, 0.29) is 29.0 Å². The second-order valence-electron chi connectivity index (χ2n) is 4.89. The fourth-order valence-electron chi connectivity index (χ4n) is 2.13. The van der Waals surface area contributed by atoms with Crippen molar-refractivity contribution in [2.45, 2.75) is 24.8 Å². The summed E-state index contributed by atoms with van der Waals surface area (Å²) in [5, 5.41) is 14.9. The highest BCUT2D eigenvalue weighted by Gasteiger charge is 2.39. The molecule has 0 bridgehead atoms. The third kappa shape index (κ3) is 2.85. The standard InChI is InChI=1S/C12H11ClN4O3.ClH/c13-8-4-7(5-9(6-8)17(18)19)10-15-11(16-20-10)12(14)2-1-3-12;/h4-6H,1-3,14H2;1H. The van der Waals surface area contributed by atoms with E-state index in [0.29, 0.717) is 11.4 Å². The van der Waals surface area contributed by atoms with Crippen LogP contribution < -0.4 is 5.73 Å². The molecule has 0 atom stereocenters. The van der Waals surface area contributed by atoms with Gasteiger partial charge in [-0.25, -0.2) is 0 Å². The Balaban J connectivity index is 0.00000161. The maximum Gasteiger partial charge on any atom is 0.271 e. The summed E-state index contributed by atoms with van der Waals surface area (Å²) in [5.41, 5.74) is 5.85. The number of hydrogen-bond acceptors (Lipinski definition) is 6. The Morgan fingerprint density at radius 3 is 2.67 bits per heavy atom. The topological polar surface area (TPSA) is 108 Å². The summed E-state index contributed by atoms with van der Waals surface area (Å²) in [6.07, 6.45) is 2.65. The van der Waals surface area contributed by atoms with Gasteiger partial charge in [0, 0.05) is 22.7 Å². The predicted molar refractivity (Wildman–Crippen MR) is 78.4 cm³/mol. The zero-order valence-corrected chi connectivity index (χ0v) is 12.4. The van der Waals surface area contributed by atoms with E-state index in [2.05, 4.69) is 10.1 Å². The van der Waals surface area contributed by atoms with E-state index in [4.69, 9.17) is 21.9 Å². The van der Waals surface area contributed by atoms with Crippen molar-refractivity contribution in [3.8, 4) is 11.5 Å². The van der Waals surface area contributed by atoms with E-state index < -0.39 is 10.5 Å². The molecular formula is C12H12Cl2N4O3. The van der Waals surface area contributed by atoms with Crippen LogP contribution in [0.4, 0.5) is 5.69 Å². The van der Waals surface area contributed by atoms with Crippen LogP contribution in [0.2, 0.25) is 5.02 Å². The molecule has 9 heteroatoms. The van der Waals surface area contributed by atoms with E-state index in [0.717, 1.165) is 19.3 Å². The molecular weight excluding hydrogens is 319 g/mol. The van der Waals surface area contributed by atoms with Crippen molar-refractivity contribution in [3.63, 3.8) is 0 Å². The number of aromatic nitrogens is 2. The zero-order valence-electron chi connectivity index (χ0n) is 10.8. The first-order valence-corrected chi connectivity index (χ1v) is 6.44. The number of nitro groups is 1. The van der Waals surface area contributed by atoms with Crippen molar-refractivity contribution >= 4 is 29.7 Å². The predicted octanol–water partition coefficient (Wildman–Crippen LogP) is 3.06. The van der Waals surface area contributed by atoms with Crippen LogP contribution in [0, 0.1) is 10.1 Å². The first-order chi connectivity index (χ1) is 9.48. The molecule has 1 fully saturated rings. The molecule has 0 spiro atoms. The van der Waals surface area contributed by atoms with Crippen LogP contribution in [0.5, 0.6) is 0 Å². The number of nitrogens with zero attached hydrogens (tertiary/aromatic N) is 3. The molecule has 2 aromatic rings. The molecule has 0 radical (unpaired) electrons. The fourth-order valence-corrected chi connectivity index (χ4v) is 2.36. The Morgan fingerprint density at radius 1 is 1.38 bits per heavy atom. The second kappa shape index (κ2) is 5.59. The average Bonchev–Trinajstić information content (AvgIpc) is 2.85. The SMILES string of the molecule is Cl.NC1(c2noc(-c3cc(Cl)cc([N+](=O)[O-])c3)n2)CCC1. The van der Waals surface area contributed by atoms with Gasteiger partial charge in [-0.3, -0.25) is 10.1 Å². The lowest BCUT2D eigenvalue weighted by molar-refractivity contribution is -0.384. The third-order valence-electron chi connectivity index (χ3n) is 3.46. The summed E-state index contributed by atoms with van der Waals surface area (Å²) < 4.78 is 5.14. The molecule has 0 amide bonds. The number of nitrogens with two attached hydrogens (primary N) is 1. The number of non-ortho nitro benzene ring substituents is 1. The average molecular weight is 331 g/mol. The van der Waals surface area contributed by atoms with Gasteiger partial charge in [-0.05, 0) is 25.3 Å². The lowest BCUT2D eigenvalue weighted by atomic mass is 9.77. The lowest BCUT2D eigenvalue weighted by Gasteiger charge is -2.34. The van der Waals surface area contributed by atoms with Gasteiger partial charge in [0.25, 0.3) is 11.6 Å². The van der Waals surface area contributed by atoms with Crippen molar-refractivity contribution in [3.05, 3.63) is 39.2 Å². The van der Waals surface area contributed by atoms with E-state index in [1.54, 1.807) is 0 Å². The number of rotatable bonds is 3. The van der Waals surface area contributed by atoms with Gasteiger partial charge in [0.15, 0.2) is 5.82 Å². The minimum Gasteiger partial charge on any atom is -0.334 e. The summed E-state index contributed by atoms with van der Waals surface area (Å²) in [4.78, 5) is 14.5. The summed E-state index contributed by atoms with van der Waals surface area (Å²) in [6, 6.07) is 4.14. The highest BCUT2D eigenvalue weighted by atomic mass is 35.5. The third-order valence-corrected chi connectivity index (χ3v) is 3.68. The minimum atomic E-state index is -0.535. The van der Waals surface area contributed by atoms with E-state index >= 15 is 0 Å². The van der Waals surface area contributed by atoms with Gasteiger partial charge in [0.1, 0.15) is 0 Å². The molecule has 1 heterocycles. The Morgan fingerprint density at radius 2 is 2.10 bits per heavy atom. The lowest BCUT2D eigenvalue weighted by Crippen LogP contribution is -2.44. The van der Waals surface area contributed by atoms with Crippen LogP contribution in [0.15, 0.2) is 22.7 Å². The molecule has 1 aliphatic rings. The van der Waals surface area contributed by atoms with Crippen molar-refractivity contribution < 1.29 is 9.45 Å². The Bertz CT molecular complexity index is 685. The maximum atomic E-state index is 10.8. The molecule has 1 aromatic carbocycles. The number of benzene rings is 1. The van der Waals surface area contributed by atoms with Gasteiger partial charge in [-0.1, -0.05) is 16.8 Å². The molecule has 112 valence electrons. The monoisotopic (exact) mass is 330 g/mol. The number of halogens is 2. The van der Waals surface area contributed by atoms with Crippen LogP contribution in [-0.2, 0) is 5.54 Å². The molecule has 7 nitrogen and oxygen atoms in total. The molecule has 3 rings (SSSR count). The van der Waals surface area contributed by atoms with Gasteiger partial charge in [-0.15, -0.1) is 12.4 Å². The van der Waals surface area contributed by atoms with Crippen LogP contribution in [0.1, 0.15) is 25.1 Å². The summed E-state index contributed by atoms with van der Waals surface area (Å²) in [6.45, 7) is 0. The highest BCUT2D eigenvalue weighted by Crippen LogP contribution is 2.38. The minimum absolute atomic E-state index is 0. The molecule has 1 saturated carbocycles. The molecule has 2 N–H and O–H groups in total. The summed E-state index contributed by atoms with van der Waals surface area (Å²) in [7, 11) is 0. The smallest absolute Gasteiger partial charge is 0.271 e. The normalized spacial score (nSPS) is 15.9. The first-order valence-electron chi connectivity index (χ1n) is 6.06. The Labute approximate surface area is 131 Å². The molecule has 1 aromatic heterocycles. The molecule has 0 saturated heterocycles. The first kappa shape index (κ1) is 15.7. The van der Waals surface area contributed by atoms with Gasteiger partial charge in [-0.2, -0.15) is 4.98 Å². The van der Waals surface area contributed by atoms with Gasteiger partial charge in [0.2, 0.25) is 0 Å². The molecule has 0 aliphatic heterocycles. The van der Waals surface area contributed by atoms with Crippen molar-refractivity contribution in [1.29, 1.82) is 0 Å². The molecule has 21 heavy (non-hydrogen) atoms. The highest BCUT2D eigenvalue weighted by molar-refractivity contribution is 6.31. The largest absolute Gasteiger partial charge is 0.334 e. The van der Waals surface area contributed by atoms with E-state index in [1.165, 1.54) is 18.2 Å². The van der Waals surface area contributed by atoms with Crippen molar-refractivity contribution in [2.24, 2.45) is 5.73 Å². The van der Waals surface area contributed by atoms with Crippen molar-refractivity contribution in [1.82, 2.24) is 10.1 Å². The van der Waals surface area contributed by atoms with Crippen LogP contribution >= 0.6 is 24.0 Å². The zero-order chi connectivity index (χ0) is 14.3. The summed E-state index contributed by atoms with van der Waals surface area (Å²) in [5.74, 6) is 0.615. The van der Waals surface area contributed by atoms with Crippen LogP contribution in [-0.4, -0.2) is 15.1 Å². The van der Waals surface area contributed by atoms with Crippen LogP contribution in [0.25, 0.3) is 11.5 Å². The fraction of sp³-hybridized carbons (Fsp3) is 0.333. The number of hydrogen-bond donors (Lipinski definition) is 1. The molecule has 1 aliphatic carbocycles. The van der Waals surface area contributed by atoms with Gasteiger partial charge >= 0.3 is 0 Å². The van der Waals surface area contributed by atoms with Crippen molar-refractivity contribution in [2.75, 3.05) is 0 Å². The molecule has 0 unspecified atom stereocenters. The van der Waals surface area contributed by atoms with E-state index in [1.807, 2.05) is 0 Å². The van der Waals surface area contributed by atoms with E-state index in [9.17, 15) is 10.1 Å². The van der Waals surface area contributed by atoms with Crippen LogP contribution in [0.3, 0.4) is 0 Å². The maximum absolute atomic E-state index is 10.8. The Hall–Kier alpha value is -1.70. The second-order valence-corrected chi connectivity index (χ2v) is 5.32. The van der Waals surface area contributed by atoms with Gasteiger partial charge in [0.05, 0.1) is 10.5 Å². The Kier molecular flexibility index (Phi) is 4.18. The number of nitro benzene ring substituents is 1. The summed E-state index contributed by atoms with van der Waals surface area (Å²) >= 11 is 5.86. The quantitative estimate of drug-likeness (QED) is 0.684. The van der Waals surface area contributed by atoms with Gasteiger partial charge < -0.3 is 10.3 Å².